The predicted octanol–water partition coefficient (Wildman–Crippen LogP) is 3.39. The second-order valence-electron chi connectivity index (χ2n) is 4.42. The zero-order chi connectivity index (χ0) is 13.1. The fraction of sp³-hybridized carbons (Fsp3) is 0.429. The minimum absolute atomic E-state index is 0.0830. The van der Waals surface area contributed by atoms with Crippen molar-refractivity contribution in [3.05, 3.63) is 35.8 Å². The molecule has 2 atom stereocenters. The average molecular weight is 251 g/mol. The molecule has 18 heavy (non-hydrogen) atoms. The zero-order valence-electron chi connectivity index (χ0n) is 10.7. The molecule has 2 aromatic rings. The van der Waals surface area contributed by atoms with Gasteiger partial charge in [-0.25, -0.2) is 4.39 Å². The van der Waals surface area contributed by atoms with Crippen LogP contribution in [0, 0.1) is 5.82 Å². The van der Waals surface area contributed by atoms with Crippen LogP contribution in [0.15, 0.2) is 28.7 Å². The molecule has 0 amide bonds. The minimum Gasteiger partial charge on any atom is -0.459 e. The van der Waals surface area contributed by atoms with Crippen molar-refractivity contribution >= 4 is 11.0 Å². The monoisotopic (exact) mass is 251 g/mol. The largest absolute Gasteiger partial charge is 0.459 e. The van der Waals surface area contributed by atoms with Crippen LogP contribution in [0.25, 0.3) is 11.0 Å². The highest BCUT2D eigenvalue weighted by Crippen LogP contribution is 2.27. The van der Waals surface area contributed by atoms with Crippen LogP contribution < -0.4 is 5.73 Å². The van der Waals surface area contributed by atoms with Gasteiger partial charge >= 0.3 is 0 Å². The molecule has 0 aliphatic heterocycles. The highest BCUT2D eigenvalue weighted by molar-refractivity contribution is 5.78. The third-order valence-electron chi connectivity index (χ3n) is 3.10. The van der Waals surface area contributed by atoms with Crippen molar-refractivity contribution in [1.82, 2.24) is 0 Å². The Kier molecular flexibility index (Phi) is 3.99. The lowest BCUT2D eigenvalue weighted by molar-refractivity contribution is 0.0668. The van der Waals surface area contributed by atoms with Gasteiger partial charge in [0.1, 0.15) is 17.2 Å². The smallest absolute Gasteiger partial charge is 0.134 e. The summed E-state index contributed by atoms with van der Waals surface area (Å²) < 4.78 is 24.1. The van der Waals surface area contributed by atoms with Gasteiger partial charge in [0.25, 0.3) is 0 Å². The van der Waals surface area contributed by atoms with E-state index < -0.39 is 0 Å². The maximum atomic E-state index is 13.1. The zero-order valence-corrected chi connectivity index (χ0v) is 10.7. The van der Waals surface area contributed by atoms with Crippen molar-refractivity contribution in [3.63, 3.8) is 0 Å². The highest BCUT2D eigenvalue weighted by Gasteiger charge is 2.21. The van der Waals surface area contributed by atoms with E-state index in [0.717, 1.165) is 18.2 Å². The van der Waals surface area contributed by atoms with Crippen molar-refractivity contribution in [3.8, 4) is 0 Å². The summed E-state index contributed by atoms with van der Waals surface area (Å²) >= 11 is 0. The summed E-state index contributed by atoms with van der Waals surface area (Å²) in [6.07, 6.45) is 1.77. The number of rotatable bonds is 5. The van der Waals surface area contributed by atoms with Crippen molar-refractivity contribution in [2.75, 3.05) is 7.11 Å². The molecule has 2 N–H and O–H groups in total. The maximum Gasteiger partial charge on any atom is 0.134 e. The van der Waals surface area contributed by atoms with Crippen LogP contribution >= 0.6 is 0 Å². The molecule has 1 heterocycles. The number of halogens is 1. The van der Waals surface area contributed by atoms with Gasteiger partial charge in [0.15, 0.2) is 0 Å². The van der Waals surface area contributed by atoms with Gasteiger partial charge in [0, 0.05) is 12.5 Å². The molecule has 0 fully saturated rings. The Morgan fingerprint density at radius 1 is 1.39 bits per heavy atom. The molecule has 0 spiro atoms. The van der Waals surface area contributed by atoms with Gasteiger partial charge in [-0.05, 0) is 30.7 Å². The SMILES string of the molecule is CCCC(OC)C(N)c1cc2cc(F)ccc2o1. The summed E-state index contributed by atoms with van der Waals surface area (Å²) in [6.45, 7) is 2.08. The number of methoxy groups -OCH3 is 1. The molecule has 0 radical (unpaired) electrons. The van der Waals surface area contributed by atoms with E-state index in [-0.39, 0.29) is 18.0 Å². The molecule has 1 aromatic heterocycles. The molecule has 3 nitrogen and oxygen atoms in total. The second-order valence-corrected chi connectivity index (χ2v) is 4.42. The van der Waals surface area contributed by atoms with Crippen molar-refractivity contribution in [1.29, 1.82) is 0 Å². The molecular weight excluding hydrogens is 233 g/mol. The summed E-state index contributed by atoms with van der Waals surface area (Å²) in [5, 5.41) is 0.729. The number of hydrogen-bond acceptors (Lipinski definition) is 3. The Bertz CT molecular complexity index is 523. The molecule has 0 saturated carbocycles. The number of nitrogens with two attached hydrogens (primary N) is 1. The second kappa shape index (κ2) is 5.50. The van der Waals surface area contributed by atoms with Gasteiger partial charge in [-0.2, -0.15) is 0 Å². The van der Waals surface area contributed by atoms with E-state index in [0.29, 0.717) is 11.3 Å². The van der Waals surface area contributed by atoms with Crippen LogP contribution in [0.2, 0.25) is 0 Å². The summed E-state index contributed by atoms with van der Waals surface area (Å²) in [6, 6.07) is 5.88. The Hall–Kier alpha value is -1.39. The first kappa shape index (κ1) is 13.1. The van der Waals surface area contributed by atoms with E-state index in [2.05, 4.69) is 6.92 Å². The first-order valence-electron chi connectivity index (χ1n) is 6.13. The average Bonchev–Trinajstić information content (AvgIpc) is 2.77. The van der Waals surface area contributed by atoms with Crippen molar-refractivity contribution in [2.45, 2.75) is 31.9 Å². The molecule has 1 aromatic carbocycles. The Balaban J connectivity index is 2.29. The van der Waals surface area contributed by atoms with E-state index in [1.165, 1.54) is 12.1 Å². The molecule has 0 aliphatic rings. The van der Waals surface area contributed by atoms with Crippen LogP contribution in [0.3, 0.4) is 0 Å². The Morgan fingerprint density at radius 2 is 2.17 bits per heavy atom. The topological polar surface area (TPSA) is 48.4 Å². The van der Waals surface area contributed by atoms with Gasteiger partial charge in [-0.15, -0.1) is 0 Å². The lowest BCUT2D eigenvalue weighted by Crippen LogP contribution is -2.27. The summed E-state index contributed by atoms with van der Waals surface area (Å²) in [4.78, 5) is 0. The normalized spacial score (nSPS) is 14.9. The van der Waals surface area contributed by atoms with Crippen LogP contribution in [-0.2, 0) is 4.74 Å². The maximum absolute atomic E-state index is 13.1. The van der Waals surface area contributed by atoms with E-state index in [1.807, 2.05) is 0 Å². The summed E-state index contributed by atoms with van der Waals surface area (Å²) in [5.74, 6) is 0.358. The molecule has 0 saturated heterocycles. The van der Waals surface area contributed by atoms with E-state index in [4.69, 9.17) is 14.9 Å². The van der Waals surface area contributed by atoms with Gasteiger partial charge < -0.3 is 14.9 Å². The van der Waals surface area contributed by atoms with Crippen molar-refractivity contribution in [2.24, 2.45) is 5.73 Å². The highest BCUT2D eigenvalue weighted by atomic mass is 19.1. The molecule has 2 unspecified atom stereocenters. The van der Waals surface area contributed by atoms with E-state index in [1.54, 1.807) is 19.2 Å². The predicted molar refractivity (Wildman–Crippen MR) is 68.8 cm³/mol. The van der Waals surface area contributed by atoms with Gasteiger partial charge in [-0.1, -0.05) is 13.3 Å². The van der Waals surface area contributed by atoms with Crippen molar-refractivity contribution < 1.29 is 13.5 Å². The first-order valence-corrected chi connectivity index (χ1v) is 6.13. The Morgan fingerprint density at radius 3 is 2.83 bits per heavy atom. The minimum atomic E-state index is -0.328. The number of fused-ring (bicyclic) bond motifs is 1. The fourth-order valence-electron chi connectivity index (χ4n) is 2.11. The molecule has 2 rings (SSSR count). The first-order chi connectivity index (χ1) is 8.65. The Labute approximate surface area is 106 Å². The molecule has 4 heteroatoms. The summed E-state index contributed by atoms with van der Waals surface area (Å²) in [5.41, 5.74) is 6.77. The number of hydrogen-bond donors (Lipinski definition) is 1. The van der Waals surface area contributed by atoms with E-state index >= 15 is 0 Å². The number of furan rings is 1. The van der Waals surface area contributed by atoms with Crippen LogP contribution in [0.4, 0.5) is 4.39 Å². The quantitative estimate of drug-likeness (QED) is 0.886. The fourth-order valence-corrected chi connectivity index (χ4v) is 2.11. The lowest BCUT2D eigenvalue weighted by atomic mass is 10.0. The van der Waals surface area contributed by atoms with Crippen LogP contribution in [0.1, 0.15) is 31.6 Å². The van der Waals surface area contributed by atoms with E-state index in [9.17, 15) is 4.39 Å². The van der Waals surface area contributed by atoms with Crippen LogP contribution in [-0.4, -0.2) is 13.2 Å². The summed E-state index contributed by atoms with van der Waals surface area (Å²) in [7, 11) is 1.64. The third kappa shape index (κ3) is 2.54. The number of ether oxygens (including phenoxy) is 1. The lowest BCUT2D eigenvalue weighted by Gasteiger charge is -2.20. The van der Waals surface area contributed by atoms with Gasteiger partial charge in [0.2, 0.25) is 0 Å². The number of benzene rings is 1. The standard InChI is InChI=1S/C14H18FNO2/c1-3-4-12(17-2)14(16)13-8-9-7-10(15)5-6-11(9)18-13/h5-8,12,14H,3-4,16H2,1-2H3. The van der Waals surface area contributed by atoms with Crippen LogP contribution in [0.5, 0.6) is 0 Å². The third-order valence-corrected chi connectivity index (χ3v) is 3.10. The molecular formula is C14H18FNO2. The molecule has 0 aliphatic carbocycles. The molecule has 0 bridgehead atoms. The van der Waals surface area contributed by atoms with Gasteiger partial charge in [0.05, 0.1) is 12.1 Å². The van der Waals surface area contributed by atoms with Gasteiger partial charge in [-0.3, -0.25) is 0 Å². The molecule has 98 valence electrons.